The van der Waals surface area contributed by atoms with Crippen LogP contribution in [0.15, 0.2) is 46.3 Å². The fraction of sp³-hybridized carbons (Fsp3) is 0.292. The first kappa shape index (κ1) is 25.8. The van der Waals surface area contributed by atoms with Gasteiger partial charge in [-0.1, -0.05) is 41.9 Å². The second-order valence-corrected chi connectivity index (χ2v) is 9.24. The van der Waals surface area contributed by atoms with Crippen LogP contribution < -0.4 is 14.8 Å². The van der Waals surface area contributed by atoms with E-state index in [0.29, 0.717) is 34.8 Å². The van der Waals surface area contributed by atoms with E-state index in [2.05, 4.69) is 26.2 Å². The van der Waals surface area contributed by atoms with Crippen molar-refractivity contribution < 1.29 is 28.6 Å². The maximum absolute atomic E-state index is 14.3. The van der Waals surface area contributed by atoms with Gasteiger partial charge in [-0.05, 0) is 60.5 Å². The highest BCUT2D eigenvalue weighted by molar-refractivity contribution is 9.09. The molecule has 7 nitrogen and oxygen atoms in total. The van der Waals surface area contributed by atoms with Gasteiger partial charge in [0.1, 0.15) is 10.6 Å². The molecule has 1 saturated heterocycles. The highest BCUT2D eigenvalue weighted by atomic mass is 79.9. The van der Waals surface area contributed by atoms with Crippen LogP contribution in [0.2, 0.25) is 0 Å². The Labute approximate surface area is 209 Å². The lowest BCUT2D eigenvalue weighted by molar-refractivity contribution is -0.136. The number of ether oxygens (including phenoxy) is 2. The number of rotatable bonds is 10. The summed E-state index contributed by atoms with van der Waals surface area (Å²) in [5, 5.41) is 12.0. The summed E-state index contributed by atoms with van der Waals surface area (Å²) in [6.45, 7) is 5.17. The third kappa shape index (κ3) is 6.60. The van der Waals surface area contributed by atoms with E-state index in [-0.39, 0.29) is 17.2 Å². The fourth-order valence-electron chi connectivity index (χ4n) is 2.94. The Bertz CT molecular complexity index is 1140. The van der Waals surface area contributed by atoms with Gasteiger partial charge in [0.2, 0.25) is 0 Å². The van der Waals surface area contributed by atoms with Gasteiger partial charge in [0.15, 0.2) is 16.7 Å². The normalized spacial score (nSPS) is 16.5. The molecular weight excluding hydrogens is 527 g/mol. The smallest absolute Gasteiger partial charge is 0.321 e. The van der Waals surface area contributed by atoms with Crippen molar-refractivity contribution in [1.29, 1.82) is 0 Å². The van der Waals surface area contributed by atoms with Crippen LogP contribution in [0.25, 0.3) is 6.08 Å². The predicted octanol–water partition coefficient (Wildman–Crippen LogP) is 5.82. The van der Waals surface area contributed by atoms with Crippen molar-refractivity contribution in [1.82, 2.24) is 5.32 Å². The number of aliphatic imine (C=N–C) groups is 1. The number of amides is 1. The average Bonchev–Trinajstić information content (AvgIpc) is 3.14. The van der Waals surface area contributed by atoms with Crippen molar-refractivity contribution in [2.75, 3.05) is 13.2 Å². The summed E-state index contributed by atoms with van der Waals surface area (Å²) in [5.74, 6) is -0.957. The molecule has 2 N–H and O–H groups in total. The van der Waals surface area contributed by atoms with Crippen LogP contribution in [0.3, 0.4) is 0 Å². The van der Waals surface area contributed by atoms with Crippen molar-refractivity contribution in [3.8, 4) is 11.5 Å². The third-order valence-corrected chi connectivity index (χ3v) is 6.34. The van der Waals surface area contributed by atoms with Crippen LogP contribution in [0.5, 0.6) is 11.5 Å². The van der Waals surface area contributed by atoms with Gasteiger partial charge in [0.25, 0.3) is 5.91 Å². The number of carboxylic acid groups (broad SMARTS) is 1. The van der Waals surface area contributed by atoms with Gasteiger partial charge < -0.3 is 19.9 Å². The van der Waals surface area contributed by atoms with E-state index in [1.165, 1.54) is 12.1 Å². The number of benzene rings is 2. The number of nitrogens with zero attached hydrogens (tertiary/aromatic N) is 1. The maximum atomic E-state index is 14.3. The van der Waals surface area contributed by atoms with Gasteiger partial charge in [-0.25, -0.2) is 9.38 Å². The zero-order valence-corrected chi connectivity index (χ0v) is 21.0. The van der Waals surface area contributed by atoms with E-state index >= 15 is 0 Å². The fourth-order valence-corrected chi connectivity index (χ4v) is 4.16. The van der Waals surface area contributed by atoms with Crippen molar-refractivity contribution >= 4 is 56.5 Å². The van der Waals surface area contributed by atoms with E-state index in [0.717, 1.165) is 36.2 Å². The summed E-state index contributed by atoms with van der Waals surface area (Å²) >= 11 is 4.06. The minimum atomic E-state index is -1.19. The number of halogens is 2. The van der Waals surface area contributed by atoms with Crippen LogP contribution in [-0.2, 0) is 9.59 Å². The minimum absolute atomic E-state index is 0.00685. The Balaban J connectivity index is 1.79. The molecule has 1 aliphatic rings. The predicted molar refractivity (Wildman–Crippen MR) is 135 cm³/mol. The number of carboxylic acids is 1. The van der Waals surface area contributed by atoms with E-state index in [4.69, 9.17) is 14.6 Å². The van der Waals surface area contributed by atoms with Crippen molar-refractivity contribution in [2.45, 2.75) is 31.5 Å². The Kier molecular flexibility index (Phi) is 9.12. The van der Waals surface area contributed by atoms with Gasteiger partial charge in [0.05, 0.1) is 23.8 Å². The average molecular weight is 551 g/mol. The van der Waals surface area contributed by atoms with Crippen molar-refractivity contribution in [3.05, 3.63) is 58.2 Å². The summed E-state index contributed by atoms with van der Waals surface area (Å²) in [6, 6.07) is 9.44. The summed E-state index contributed by atoms with van der Waals surface area (Å²) in [6.07, 6.45) is 3.45. The minimum Gasteiger partial charge on any atom is -0.490 e. The molecule has 0 saturated carbocycles. The molecule has 34 heavy (non-hydrogen) atoms. The van der Waals surface area contributed by atoms with E-state index < -0.39 is 16.6 Å². The van der Waals surface area contributed by atoms with Gasteiger partial charge in [-0.3, -0.25) is 9.59 Å². The summed E-state index contributed by atoms with van der Waals surface area (Å²) in [5.41, 5.74) is 1.01. The van der Waals surface area contributed by atoms with Crippen molar-refractivity contribution in [2.24, 2.45) is 4.99 Å². The molecule has 3 rings (SSSR count). The Morgan fingerprint density at radius 1 is 1.18 bits per heavy atom. The van der Waals surface area contributed by atoms with Crippen LogP contribution in [0, 0.1) is 5.82 Å². The summed E-state index contributed by atoms with van der Waals surface area (Å²) in [4.78, 5) is 27.0. The molecule has 1 amide bonds. The van der Waals surface area contributed by atoms with Crippen LogP contribution in [-0.4, -0.2) is 35.4 Å². The first-order valence-corrected chi connectivity index (χ1v) is 12.4. The molecular formula is C24H24BrFN2O5S. The van der Waals surface area contributed by atoms with Gasteiger partial charge in [0, 0.05) is 5.56 Å². The number of thioether (sulfide) groups is 1. The second kappa shape index (κ2) is 12.0. The Morgan fingerprint density at radius 2 is 1.88 bits per heavy atom. The van der Waals surface area contributed by atoms with E-state index in [1.54, 1.807) is 6.08 Å². The number of alkyl halides is 1. The first-order valence-electron chi connectivity index (χ1n) is 10.7. The Hall–Kier alpha value is -2.85. The zero-order valence-electron chi connectivity index (χ0n) is 18.6. The lowest BCUT2D eigenvalue weighted by atomic mass is 10.1. The third-order valence-electron chi connectivity index (χ3n) is 4.54. The number of amidine groups is 1. The molecule has 1 atom stereocenters. The van der Waals surface area contributed by atoms with Gasteiger partial charge in [-0.2, -0.15) is 0 Å². The topological polar surface area (TPSA) is 97.2 Å². The number of carbonyl (C=O) groups is 2. The molecule has 1 fully saturated rings. The number of hydrogen-bond acceptors (Lipinski definition) is 6. The highest BCUT2D eigenvalue weighted by Crippen LogP contribution is 2.33. The summed E-state index contributed by atoms with van der Waals surface area (Å²) < 4.78 is 25.9. The van der Waals surface area contributed by atoms with Gasteiger partial charge >= 0.3 is 5.97 Å². The molecule has 10 heteroatoms. The monoisotopic (exact) mass is 550 g/mol. The molecule has 1 heterocycles. The maximum Gasteiger partial charge on any atom is 0.321 e. The van der Waals surface area contributed by atoms with E-state index in [9.17, 15) is 14.0 Å². The molecule has 0 bridgehead atoms. The molecule has 0 spiro atoms. The number of nitrogens with one attached hydrogen (secondary N) is 1. The second-order valence-electron chi connectivity index (χ2n) is 7.29. The summed E-state index contributed by atoms with van der Waals surface area (Å²) in [7, 11) is 0. The number of carbonyl (C=O) groups excluding carboxylic acids is 1. The van der Waals surface area contributed by atoms with Crippen LogP contribution >= 0.6 is 27.7 Å². The SMILES string of the molecule is CCCOc1ccc(/C=C2\SC(=Nc3ccc(C(Br)C(=O)O)c(F)c3)NC2=O)cc1OCCC. The molecule has 0 aliphatic carbocycles. The standard InChI is InChI=1S/C24H24BrFN2O5S/c1-3-9-32-18-8-5-14(11-19(18)33-10-4-2)12-20-22(29)28-24(34-20)27-15-6-7-16(17(26)13-15)21(25)23(30)31/h5-8,11-13,21H,3-4,9-10H2,1-2H3,(H,30,31)(H,27,28,29)/b20-12-. The highest BCUT2D eigenvalue weighted by Gasteiger charge is 2.25. The van der Waals surface area contributed by atoms with Gasteiger partial charge in [-0.15, -0.1) is 0 Å². The van der Waals surface area contributed by atoms with Crippen molar-refractivity contribution in [3.63, 3.8) is 0 Å². The largest absolute Gasteiger partial charge is 0.490 e. The van der Waals surface area contributed by atoms with Crippen LogP contribution in [0.4, 0.5) is 10.1 Å². The molecule has 180 valence electrons. The number of aliphatic carboxylic acids is 1. The molecule has 1 unspecified atom stereocenters. The Morgan fingerprint density at radius 3 is 2.53 bits per heavy atom. The molecule has 0 aromatic heterocycles. The quantitative estimate of drug-likeness (QED) is 0.286. The molecule has 0 radical (unpaired) electrons. The van der Waals surface area contributed by atoms with Crippen LogP contribution in [0.1, 0.15) is 42.6 Å². The lowest BCUT2D eigenvalue weighted by Gasteiger charge is -2.12. The first-order chi connectivity index (χ1) is 16.3. The lowest BCUT2D eigenvalue weighted by Crippen LogP contribution is -2.19. The zero-order chi connectivity index (χ0) is 24.7. The molecule has 1 aliphatic heterocycles. The molecule has 2 aromatic carbocycles. The number of hydrogen-bond donors (Lipinski definition) is 2. The molecule has 2 aromatic rings. The van der Waals surface area contributed by atoms with E-state index in [1.807, 2.05) is 32.0 Å².